The molecule has 0 bridgehead atoms. The summed E-state index contributed by atoms with van der Waals surface area (Å²) in [6.07, 6.45) is 3.23. The summed E-state index contributed by atoms with van der Waals surface area (Å²) in [6.45, 7) is 4.32. The van der Waals surface area contributed by atoms with Crippen molar-refractivity contribution in [2.45, 2.75) is 24.9 Å². The van der Waals surface area contributed by atoms with Crippen molar-refractivity contribution in [3.63, 3.8) is 0 Å². The van der Waals surface area contributed by atoms with Crippen LogP contribution in [0.5, 0.6) is 0 Å². The van der Waals surface area contributed by atoms with Gasteiger partial charge in [0.2, 0.25) is 5.16 Å². The molecule has 5 nitrogen and oxygen atoms in total. The second-order valence-electron chi connectivity index (χ2n) is 5.57. The highest BCUT2D eigenvalue weighted by atomic mass is 32.2. The highest BCUT2D eigenvalue weighted by molar-refractivity contribution is 7.84. The quantitative estimate of drug-likeness (QED) is 0.697. The van der Waals surface area contributed by atoms with Gasteiger partial charge < -0.3 is 0 Å². The lowest BCUT2D eigenvalue weighted by molar-refractivity contribution is 0.677. The first-order chi connectivity index (χ1) is 10.5. The number of nitrogens with zero attached hydrogens (tertiary/aromatic N) is 4. The van der Waals surface area contributed by atoms with Gasteiger partial charge in [0.15, 0.2) is 0 Å². The molecule has 0 saturated heterocycles. The zero-order valence-corrected chi connectivity index (χ0v) is 13.9. The molecule has 0 fully saturated rings. The summed E-state index contributed by atoms with van der Waals surface area (Å²) in [4.78, 5) is 8.44. The highest BCUT2D eigenvalue weighted by Crippen LogP contribution is 2.28. The van der Waals surface area contributed by atoms with Gasteiger partial charge in [0.1, 0.15) is 0 Å². The van der Waals surface area contributed by atoms with Gasteiger partial charge in [0, 0.05) is 36.1 Å². The van der Waals surface area contributed by atoms with Gasteiger partial charge in [-0.1, -0.05) is 19.9 Å². The molecule has 22 heavy (non-hydrogen) atoms. The number of fused-ring (bicyclic) bond motifs is 1. The summed E-state index contributed by atoms with van der Waals surface area (Å²) in [5.74, 6) is 0.384. The fourth-order valence-electron chi connectivity index (χ4n) is 2.70. The van der Waals surface area contributed by atoms with E-state index >= 15 is 0 Å². The van der Waals surface area contributed by atoms with Gasteiger partial charge in [-0.15, -0.1) is 0 Å². The van der Waals surface area contributed by atoms with Crippen molar-refractivity contribution in [2.24, 2.45) is 7.05 Å². The molecule has 3 aromatic rings. The molecule has 3 rings (SSSR count). The van der Waals surface area contributed by atoms with Crippen LogP contribution >= 0.6 is 0 Å². The maximum atomic E-state index is 11.6. The fourth-order valence-corrected chi connectivity index (χ4v) is 3.14. The van der Waals surface area contributed by atoms with E-state index in [0.29, 0.717) is 11.1 Å². The van der Waals surface area contributed by atoms with Crippen LogP contribution in [0.1, 0.15) is 25.5 Å². The van der Waals surface area contributed by atoms with Gasteiger partial charge in [-0.2, -0.15) is 5.10 Å². The number of hydrogen-bond donors (Lipinski definition) is 0. The van der Waals surface area contributed by atoms with E-state index < -0.39 is 10.8 Å². The van der Waals surface area contributed by atoms with Crippen LogP contribution in [0.15, 0.2) is 35.6 Å². The first-order valence-corrected chi connectivity index (χ1v) is 8.66. The number of rotatable bonds is 3. The van der Waals surface area contributed by atoms with Crippen molar-refractivity contribution in [1.29, 1.82) is 0 Å². The Labute approximate surface area is 131 Å². The van der Waals surface area contributed by atoms with Gasteiger partial charge in [-0.25, -0.2) is 9.97 Å². The van der Waals surface area contributed by atoms with E-state index in [0.717, 1.165) is 22.2 Å². The minimum atomic E-state index is -1.19. The standard InChI is InChI=1S/C16H18N4OS/c1-10(2)15-12-9-11(5-6-14(12)19-20(15)3)13-7-8-17-16(18-13)22(4)21/h5-10H,1-4H3. The molecular weight excluding hydrogens is 296 g/mol. The number of benzene rings is 1. The highest BCUT2D eigenvalue weighted by Gasteiger charge is 2.14. The lowest BCUT2D eigenvalue weighted by Crippen LogP contribution is -1.99. The lowest BCUT2D eigenvalue weighted by Gasteiger charge is -2.07. The summed E-state index contributed by atoms with van der Waals surface area (Å²) >= 11 is 0. The third-order valence-electron chi connectivity index (χ3n) is 3.61. The largest absolute Gasteiger partial charge is 0.271 e. The molecule has 6 heteroatoms. The second kappa shape index (κ2) is 5.61. The van der Waals surface area contributed by atoms with Crippen molar-refractivity contribution in [3.8, 4) is 11.3 Å². The molecule has 0 saturated carbocycles. The van der Waals surface area contributed by atoms with Crippen LogP contribution in [0.4, 0.5) is 0 Å². The van der Waals surface area contributed by atoms with Gasteiger partial charge in [-0.05, 0) is 24.1 Å². The zero-order chi connectivity index (χ0) is 15.9. The number of aromatic nitrogens is 4. The Hall–Kier alpha value is -2.08. The van der Waals surface area contributed by atoms with Crippen LogP contribution < -0.4 is 0 Å². The molecule has 1 atom stereocenters. The number of hydrogen-bond acceptors (Lipinski definition) is 4. The van der Waals surface area contributed by atoms with E-state index in [-0.39, 0.29) is 0 Å². The molecule has 0 aliphatic heterocycles. The van der Waals surface area contributed by atoms with E-state index in [1.54, 1.807) is 12.5 Å². The molecule has 0 aliphatic rings. The van der Waals surface area contributed by atoms with Crippen LogP contribution in [0.2, 0.25) is 0 Å². The monoisotopic (exact) mass is 314 g/mol. The number of aryl methyl sites for hydroxylation is 1. The minimum absolute atomic E-state index is 0.355. The second-order valence-corrected chi connectivity index (χ2v) is 6.85. The molecule has 0 aliphatic carbocycles. The smallest absolute Gasteiger partial charge is 0.218 e. The average Bonchev–Trinajstić information content (AvgIpc) is 2.82. The molecule has 114 valence electrons. The Morgan fingerprint density at radius 3 is 2.68 bits per heavy atom. The topological polar surface area (TPSA) is 60.7 Å². The Balaban J connectivity index is 2.18. The Morgan fingerprint density at radius 1 is 1.23 bits per heavy atom. The molecule has 0 N–H and O–H groups in total. The third kappa shape index (κ3) is 2.54. The van der Waals surface area contributed by atoms with Crippen molar-refractivity contribution < 1.29 is 4.21 Å². The van der Waals surface area contributed by atoms with Crippen molar-refractivity contribution in [1.82, 2.24) is 19.7 Å². The molecule has 1 aromatic carbocycles. The van der Waals surface area contributed by atoms with Crippen LogP contribution in [-0.2, 0) is 17.8 Å². The summed E-state index contributed by atoms with van der Waals surface area (Å²) in [6, 6.07) is 7.93. The predicted octanol–water partition coefficient (Wildman–Crippen LogP) is 2.89. The summed E-state index contributed by atoms with van der Waals surface area (Å²) in [5, 5.41) is 6.04. The van der Waals surface area contributed by atoms with Crippen LogP contribution in [0.25, 0.3) is 22.2 Å². The third-order valence-corrected chi connectivity index (χ3v) is 4.32. The average molecular weight is 314 g/mol. The molecular formula is C16H18N4OS. The predicted molar refractivity (Wildman–Crippen MR) is 88.2 cm³/mol. The van der Waals surface area contributed by atoms with Gasteiger partial charge >= 0.3 is 0 Å². The Kier molecular flexibility index (Phi) is 3.78. The van der Waals surface area contributed by atoms with Crippen LogP contribution in [0, 0.1) is 0 Å². The summed E-state index contributed by atoms with van der Waals surface area (Å²) in [5.41, 5.74) is 3.94. The van der Waals surface area contributed by atoms with E-state index in [1.165, 1.54) is 5.69 Å². The Bertz CT molecular complexity index is 870. The van der Waals surface area contributed by atoms with Gasteiger partial charge in [0.25, 0.3) is 0 Å². The van der Waals surface area contributed by atoms with E-state index in [4.69, 9.17) is 0 Å². The van der Waals surface area contributed by atoms with E-state index in [9.17, 15) is 4.21 Å². The molecule has 1 unspecified atom stereocenters. The summed E-state index contributed by atoms with van der Waals surface area (Å²) < 4.78 is 13.5. The van der Waals surface area contributed by atoms with Crippen LogP contribution in [-0.4, -0.2) is 30.2 Å². The first kappa shape index (κ1) is 14.8. The lowest BCUT2D eigenvalue weighted by atomic mass is 10.0. The van der Waals surface area contributed by atoms with Crippen LogP contribution in [0.3, 0.4) is 0 Å². The van der Waals surface area contributed by atoms with Crippen molar-refractivity contribution in [2.75, 3.05) is 6.26 Å². The Morgan fingerprint density at radius 2 is 2.00 bits per heavy atom. The minimum Gasteiger partial charge on any atom is -0.271 e. The maximum absolute atomic E-state index is 11.6. The normalized spacial score (nSPS) is 13.0. The van der Waals surface area contributed by atoms with Crippen molar-refractivity contribution >= 4 is 21.7 Å². The van der Waals surface area contributed by atoms with Gasteiger partial charge in [0.05, 0.1) is 22.0 Å². The molecule has 0 radical (unpaired) electrons. The molecule has 0 amide bonds. The van der Waals surface area contributed by atoms with Gasteiger partial charge in [-0.3, -0.25) is 8.89 Å². The van der Waals surface area contributed by atoms with E-state index in [1.807, 2.05) is 29.9 Å². The maximum Gasteiger partial charge on any atom is 0.218 e. The van der Waals surface area contributed by atoms with Crippen molar-refractivity contribution in [3.05, 3.63) is 36.2 Å². The molecule has 2 heterocycles. The zero-order valence-electron chi connectivity index (χ0n) is 13.1. The SMILES string of the molecule is CC(C)c1c2cc(-c3ccnc(S(C)=O)n3)ccc2nn1C. The summed E-state index contributed by atoms with van der Waals surface area (Å²) in [7, 11) is 0.784. The van der Waals surface area contributed by atoms with E-state index in [2.05, 4.69) is 35.0 Å². The molecule has 0 spiro atoms. The molecule has 2 aromatic heterocycles. The first-order valence-electron chi connectivity index (χ1n) is 7.11. The fraction of sp³-hybridized carbons (Fsp3) is 0.312.